The van der Waals surface area contributed by atoms with Crippen LogP contribution in [-0.4, -0.2) is 28.4 Å². The number of anilines is 1. The van der Waals surface area contributed by atoms with Crippen molar-refractivity contribution in [2.75, 3.05) is 11.9 Å². The minimum atomic E-state index is -0.996. The molecule has 0 atom stereocenters. The molecule has 0 saturated carbocycles. The van der Waals surface area contributed by atoms with E-state index < -0.39 is 21.8 Å². The van der Waals surface area contributed by atoms with Gasteiger partial charge in [0, 0.05) is 0 Å². The number of hydrogen-bond donors (Lipinski definition) is 1. The van der Waals surface area contributed by atoms with E-state index in [4.69, 9.17) is 4.74 Å². The van der Waals surface area contributed by atoms with E-state index in [0.717, 1.165) is 4.35 Å². The van der Waals surface area contributed by atoms with Crippen molar-refractivity contribution in [1.82, 2.24) is 0 Å². The topological polar surface area (TPSA) is 55.4 Å². The molecule has 4 nitrogen and oxygen atoms in total. The van der Waals surface area contributed by atoms with E-state index in [-0.39, 0.29) is 0 Å². The number of carbonyl (C=O) groups excluding carboxylic acids is 1. The number of rotatable bonds is 3. The summed E-state index contributed by atoms with van der Waals surface area (Å²) in [5.41, 5.74) is 0.641. The van der Waals surface area contributed by atoms with E-state index in [9.17, 15) is 8.53 Å². The van der Waals surface area contributed by atoms with E-state index in [1.165, 1.54) is 0 Å². The first kappa shape index (κ1) is 10.9. The van der Waals surface area contributed by atoms with Crippen LogP contribution in [0.1, 0.15) is 6.92 Å². The molecule has 0 heterocycles. The van der Waals surface area contributed by atoms with Gasteiger partial charge in [0.15, 0.2) is 0 Å². The van der Waals surface area contributed by atoms with Gasteiger partial charge in [-0.05, 0) is 0 Å². The van der Waals surface area contributed by atoms with E-state index in [1.54, 1.807) is 31.2 Å². The zero-order valence-corrected chi connectivity index (χ0v) is 9.57. The Morgan fingerprint density at radius 1 is 1.43 bits per heavy atom. The summed E-state index contributed by atoms with van der Waals surface area (Å²) in [6.07, 6.45) is -0.476. The number of benzene rings is 1. The van der Waals surface area contributed by atoms with Crippen molar-refractivity contribution in [3.8, 4) is 0 Å². The van der Waals surface area contributed by atoms with Crippen LogP contribution in [0.2, 0.25) is 0 Å². The molecule has 0 bridgehead atoms. The molecule has 1 N–H and O–H groups in total. The minimum absolute atomic E-state index is 0.342. The standard InChI is InChI=1S/C9H10AsNO3/c1-2-14-9(12)11-8-5-3-7(10-13)4-6-8/h3-6H,2H2,1H3,(H,11,12). The average Bonchev–Trinajstić information content (AvgIpc) is 2.19. The van der Waals surface area contributed by atoms with Crippen LogP contribution in [0.25, 0.3) is 0 Å². The van der Waals surface area contributed by atoms with Crippen molar-refractivity contribution < 1.29 is 13.3 Å². The van der Waals surface area contributed by atoms with Gasteiger partial charge in [-0.3, -0.25) is 0 Å². The first-order valence-electron chi connectivity index (χ1n) is 4.13. The van der Waals surface area contributed by atoms with Crippen molar-refractivity contribution in [2.24, 2.45) is 0 Å². The predicted molar refractivity (Wildman–Crippen MR) is 53.2 cm³/mol. The van der Waals surface area contributed by atoms with Crippen molar-refractivity contribution in [3.63, 3.8) is 0 Å². The van der Waals surface area contributed by atoms with E-state index in [0.29, 0.717) is 12.3 Å². The van der Waals surface area contributed by atoms with Crippen LogP contribution in [0.15, 0.2) is 24.3 Å². The molecular formula is C9H10AsNO3. The fourth-order valence-electron chi connectivity index (χ4n) is 0.891. The van der Waals surface area contributed by atoms with Gasteiger partial charge in [0.25, 0.3) is 0 Å². The van der Waals surface area contributed by atoms with Gasteiger partial charge in [-0.1, -0.05) is 0 Å². The molecule has 0 aromatic heterocycles. The fraction of sp³-hybridized carbons (Fsp3) is 0.222. The zero-order chi connectivity index (χ0) is 10.4. The van der Waals surface area contributed by atoms with Crippen LogP contribution in [0.3, 0.4) is 0 Å². The van der Waals surface area contributed by atoms with Gasteiger partial charge in [-0.15, -0.1) is 0 Å². The van der Waals surface area contributed by atoms with Gasteiger partial charge in [0.2, 0.25) is 0 Å². The van der Waals surface area contributed by atoms with Crippen LogP contribution in [0, 0.1) is 0 Å². The Kier molecular flexibility index (Phi) is 4.33. The third kappa shape index (κ3) is 3.30. The van der Waals surface area contributed by atoms with E-state index >= 15 is 0 Å². The molecule has 0 radical (unpaired) electrons. The van der Waals surface area contributed by atoms with Gasteiger partial charge in [-0.2, -0.15) is 0 Å². The Morgan fingerprint density at radius 3 is 2.57 bits per heavy atom. The summed E-state index contributed by atoms with van der Waals surface area (Å²) in [6.45, 7) is 2.08. The summed E-state index contributed by atoms with van der Waals surface area (Å²) in [5.74, 6) is 0. The SMILES string of the molecule is CCOC(=O)Nc1ccc([As]=O)cc1. The Balaban J connectivity index is 2.59. The third-order valence-electron chi connectivity index (χ3n) is 1.49. The number of ether oxygens (including phenoxy) is 1. The summed E-state index contributed by atoms with van der Waals surface area (Å²) >= 11 is -0.996. The fourth-order valence-corrected chi connectivity index (χ4v) is 1.46. The van der Waals surface area contributed by atoms with Crippen LogP contribution in [-0.2, 0) is 8.48 Å². The maximum absolute atomic E-state index is 11.0. The molecular weight excluding hydrogens is 245 g/mol. The van der Waals surface area contributed by atoms with Crippen LogP contribution in [0.5, 0.6) is 0 Å². The summed E-state index contributed by atoms with van der Waals surface area (Å²) < 4.78 is 16.0. The molecule has 0 unspecified atom stereocenters. The molecule has 1 amide bonds. The Bertz CT molecular complexity index is 323. The average molecular weight is 255 g/mol. The summed E-state index contributed by atoms with van der Waals surface area (Å²) in [4.78, 5) is 11.0. The van der Waals surface area contributed by atoms with E-state index in [1.807, 2.05) is 0 Å². The molecule has 0 aliphatic carbocycles. The molecule has 0 aliphatic rings. The quantitative estimate of drug-likeness (QED) is 0.817. The summed E-state index contributed by atoms with van der Waals surface area (Å²) in [6, 6.07) is 6.82. The van der Waals surface area contributed by atoms with Crippen LogP contribution < -0.4 is 9.67 Å². The Hall–Kier alpha value is -1.15. The number of carbonyl (C=O) groups is 1. The first-order chi connectivity index (χ1) is 6.76. The van der Waals surface area contributed by atoms with Crippen molar-refractivity contribution in [3.05, 3.63) is 24.3 Å². The molecule has 1 aromatic carbocycles. The number of amides is 1. The summed E-state index contributed by atoms with van der Waals surface area (Å²) in [5, 5.41) is 2.54. The molecule has 14 heavy (non-hydrogen) atoms. The summed E-state index contributed by atoms with van der Waals surface area (Å²) in [7, 11) is 0. The molecule has 5 heteroatoms. The van der Waals surface area contributed by atoms with Gasteiger partial charge in [0.05, 0.1) is 0 Å². The van der Waals surface area contributed by atoms with E-state index in [2.05, 4.69) is 5.32 Å². The normalized spacial score (nSPS) is 9.79. The second-order valence-electron chi connectivity index (χ2n) is 2.48. The molecule has 0 fully saturated rings. The Morgan fingerprint density at radius 2 is 2.07 bits per heavy atom. The first-order valence-corrected chi connectivity index (χ1v) is 5.84. The monoisotopic (exact) mass is 255 g/mol. The molecule has 1 rings (SSSR count). The maximum atomic E-state index is 11.0. The van der Waals surface area contributed by atoms with Crippen LogP contribution >= 0.6 is 0 Å². The van der Waals surface area contributed by atoms with Crippen LogP contribution in [0.4, 0.5) is 10.5 Å². The predicted octanol–water partition coefficient (Wildman–Crippen LogP) is 0.930. The third-order valence-corrected chi connectivity index (χ3v) is 2.56. The number of nitrogens with one attached hydrogen (secondary N) is 1. The van der Waals surface area contributed by atoms with Gasteiger partial charge >= 0.3 is 88.2 Å². The second kappa shape index (κ2) is 5.55. The zero-order valence-electron chi connectivity index (χ0n) is 7.69. The van der Waals surface area contributed by atoms with Crippen molar-refractivity contribution in [2.45, 2.75) is 6.92 Å². The van der Waals surface area contributed by atoms with Gasteiger partial charge in [0.1, 0.15) is 0 Å². The second-order valence-corrected chi connectivity index (χ2v) is 3.95. The Labute approximate surface area is 88.6 Å². The molecule has 0 saturated heterocycles. The van der Waals surface area contributed by atoms with Crippen molar-refractivity contribution >= 4 is 31.8 Å². The van der Waals surface area contributed by atoms with Gasteiger partial charge in [-0.25, -0.2) is 0 Å². The molecule has 0 spiro atoms. The van der Waals surface area contributed by atoms with Gasteiger partial charge < -0.3 is 0 Å². The molecule has 74 valence electrons. The molecule has 0 aliphatic heterocycles. The number of hydrogen-bond acceptors (Lipinski definition) is 3. The van der Waals surface area contributed by atoms with Crippen molar-refractivity contribution in [1.29, 1.82) is 0 Å². The molecule has 1 aromatic rings.